The molecule has 2 rings (SSSR count). The van der Waals surface area contributed by atoms with E-state index in [1.165, 1.54) is 0 Å². The van der Waals surface area contributed by atoms with Crippen LogP contribution in [0.4, 0.5) is 0 Å². The number of carboxylic acids is 1. The minimum atomic E-state index is -1.31. The summed E-state index contributed by atoms with van der Waals surface area (Å²) in [5, 5.41) is 37.6. The van der Waals surface area contributed by atoms with Gasteiger partial charge < -0.3 is 20.4 Å². The second-order valence-corrected chi connectivity index (χ2v) is 4.57. The molecule has 0 amide bonds. The number of hydrogen-bond donors (Lipinski definition) is 4. The van der Waals surface area contributed by atoms with Crippen molar-refractivity contribution in [3.63, 3.8) is 0 Å². The van der Waals surface area contributed by atoms with Crippen molar-refractivity contribution < 1.29 is 25.2 Å². The normalized spacial score (nSPS) is 17.5. The number of carbonyl (C=O) groups is 1. The zero-order valence-corrected chi connectivity index (χ0v) is 9.53. The number of benzene rings is 1. The molecule has 0 saturated heterocycles. The van der Waals surface area contributed by atoms with E-state index in [2.05, 4.69) is 0 Å². The molecule has 0 aliphatic heterocycles. The third-order valence-corrected chi connectivity index (χ3v) is 3.67. The summed E-state index contributed by atoms with van der Waals surface area (Å²) in [6.45, 7) is 0. The Morgan fingerprint density at radius 2 is 1.82 bits per heavy atom. The van der Waals surface area contributed by atoms with Gasteiger partial charge >= 0.3 is 5.97 Å². The molecule has 4 N–H and O–H groups in total. The Morgan fingerprint density at radius 3 is 2.24 bits per heavy atom. The monoisotopic (exact) mass is 258 g/mol. The first-order valence-corrected chi connectivity index (χ1v) is 5.45. The van der Waals surface area contributed by atoms with Gasteiger partial charge in [-0.3, -0.25) is 4.79 Å². The highest BCUT2D eigenvalue weighted by atomic mass is 35.5. The lowest BCUT2D eigenvalue weighted by atomic mass is 9.64. The summed E-state index contributed by atoms with van der Waals surface area (Å²) in [5.41, 5.74) is -1.41. The van der Waals surface area contributed by atoms with Crippen molar-refractivity contribution in [2.45, 2.75) is 24.7 Å². The van der Waals surface area contributed by atoms with Gasteiger partial charge in [0.05, 0.1) is 10.4 Å². The summed E-state index contributed by atoms with van der Waals surface area (Å²) < 4.78 is 0. The van der Waals surface area contributed by atoms with Crippen LogP contribution in [0.15, 0.2) is 6.07 Å². The Balaban J connectivity index is 2.70. The lowest BCUT2D eigenvalue weighted by Gasteiger charge is -2.39. The predicted molar refractivity (Wildman–Crippen MR) is 59.6 cm³/mol. The zero-order chi connectivity index (χ0) is 12.8. The second-order valence-electron chi connectivity index (χ2n) is 4.19. The van der Waals surface area contributed by atoms with Crippen LogP contribution in [0.2, 0.25) is 5.02 Å². The molecule has 0 radical (unpaired) electrons. The topological polar surface area (TPSA) is 98.0 Å². The van der Waals surface area contributed by atoms with E-state index in [4.69, 9.17) is 11.6 Å². The molecule has 1 aromatic rings. The molecule has 0 atom stereocenters. The van der Waals surface area contributed by atoms with Gasteiger partial charge in [-0.15, -0.1) is 0 Å². The number of phenolic OH excluding ortho intramolecular Hbond substituents is 3. The lowest BCUT2D eigenvalue weighted by Crippen LogP contribution is -2.42. The van der Waals surface area contributed by atoms with E-state index in [-0.39, 0.29) is 10.6 Å². The van der Waals surface area contributed by atoms with E-state index in [1.807, 2.05) is 0 Å². The molecule has 0 heterocycles. The number of aromatic hydroxyl groups is 3. The third-order valence-electron chi connectivity index (χ3n) is 3.29. The van der Waals surface area contributed by atoms with Crippen molar-refractivity contribution in [2.75, 3.05) is 0 Å². The summed E-state index contributed by atoms with van der Waals surface area (Å²) in [7, 11) is 0. The lowest BCUT2D eigenvalue weighted by molar-refractivity contribution is -0.147. The van der Waals surface area contributed by atoms with Gasteiger partial charge in [-0.1, -0.05) is 18.0 Å². The summed E-state index contributed by atoms with van der Waals surface area (Å²) >= 11 is 5.83. The van der Waals surface area contributed by atoms with Crippen LogP contribution in [0.25, 0.3) is 0 Å². The van der Waals surface area contributed by atoms with Gasteiger partial charge in [0.2, 0.25) is 0 Å². The van der Waals surface area contributed by atoms with Crippen LogP contribution in [0.3, 0.4) is 0 Å². The fraction of sp³-hybridized carbons (Fsp3) is 0.364. The molecule has 1 aliphatic rings. The summed E-state index contributed by atoms with van der Waals surface area (Å²) in [6.07, 6.45) is 1.33. The highest BCUT2D eigenvalue weighted by molar-refractivity contribution is 6.33. The van der Waals surface area contributed by atoms with Crippen LogP contribution in [-0.2, 0) is 10.2 Å². The number of halogens is 1. The van der Waals surface area contributed by atoms with Crippen LogP contribution in [0.5, 0.6) is 17.2 Å². The molecule has 1 saturated carbocycles. The van der Waals surface area contributed by atoms with Crippen molar-refractivity contribution in [1.29, 1.82) is 0 Å². The molecule has 1 aromatic carbocycles. The number of hydrogen-bond acceptors (Lipinski definition) is 4. The molecule has 0 bridgehead atoms. The van der Waals surface area contributed by atoms with Crippen LogP contribution >= 0.6 is 11.6 Å². The average Bonchev–Trinajstić information content (AvgIpc) is 2.18. The van der Waals surface area contributed by atoms with Crippen molar-refractivity contribution in [3.8, 4) is 17.2 Å². The van der Waals surface area contributed by atoms with Gasteiger partial charge in [0, 0.05) is 11.6 Å². The fourth-order valence-corrected chi connectivity index (χ4v) is 2.48. The summed E-state index contributed by atoms with van der Waals surface area (Å²) in [4.78, 5) is 11.3. The van der Waals surface area contributed by atoms with Crippen LogP contribution < -0.4 is 0 Å². The first-order valence-electron chi connectivity index (χ1n) is 5.07. The van der Waals surface area contributed by atoms with Gasteiger partial charge in [0.1, 0.15) is 5.75 Å². The molecule has 0 aromatic heterocycles. The molecule has 0 spiro atoms. The van der Waals surface area contributed by atoms with Crippen molar-refractivity contribution in [1.82, 2.24) is 0 Å². The molecule has 0 unspecified atom stereocenters. The highest BCUT2D eigenvalue weighted by Crippen LogP contribution is 2.54. The fourth-order valence-electron chi connectivity index (χ4n) is 2.16. The van der Waals surface area contributed by atoms with E-state index in [1.54, 1.807) is 0 Å². The largest absolute Gasteiger partial charge is 0.506 e. The van der Waals surface area contributed by atoms with Gasteiger partial charge in [0.25, 0.3) is 0 Å². The van der Waals surface area contributed by atoms with Gasteiger partial charge in [-0.2, -0.15) is 0 Å². The SMILES string of the molecule is O=C(O)C1(c2c(O)c(O)cc(O)c2Cl)CCC1. The minimum Gasteiger partial charge on any atom is -0.506 e. The van der Waals surface area contributed by atoms with Crippen LogP contribution in [0.1, 0.15) is 24.8 Å². The molecule has 17 heavy (non-hydrogen) atoms. The number of phenols is 3. The van der Waals surface area contributed by atoms with Crippen molar-refractivity contribution in [3.05, 3.63) is 16.7 Å². The molecule has 1 fully saturated rings. The molecular weight excluding hydrogens is 248 g/mol. The number of aliphatic carboxylic acids is 1. The standard InChI is InChI=1S/C11H11ClO5/c12-8-5(13)4-6(14)9(15)7(8)11(10(16)17)2-1-3-11/h4,13-15H,1-3H2,(H,16,17). The maximum Gasteiger partial charge on any atom is 0.314 e. The van der Waals surface area contributed by atoms with E-state index in [0.29, 0.717) is 19.3 Å². The summed E-state index contributed by atoms with van der Waals surface area (Å²) in [5.74, 6) is -2.71. The Labute approximate surface area is 102 Å². The summed E-state index contributed by atoms with van der Waals surface area (Å²) in [6, 6.07) is 0.884. The van der Waals surface area contributed by atoms with Gasteiger partial charge in [-0.05, 0) is 12.8 Å². The van der Waals surface area contributed by atoms with E-state index >= 15 is 0 Å². The van der Waals surface area contributed by atoms with Crippen molar-refractivity contribution in [2.24, 2.45) is 0 Å². The first kappa shape index (κ1) is 11.9. The molecule has 92 valence electrons. The molecule has 5 nitrogen and oxygen atoms in total. The molecule has 1 aliphatic carbocycles. The number of carboxylic acid groups (broad SMARTS) is 1. The highest BCUT2D eigenvalue weighted by Gasteiger charge is 2.49. The smallest absolute Gasteiger partial charge is 0.314 e. The van der Waals surface area contributed by atoms with E-state index < -0.39 is 28.6 Å². The Hall–Kier alpha value is -1.62. The Morgan fingerprint density at radius 1 is 1.24 bits per heavy atom. The van der Waals surface area contributed by atoms with E-state index in [0.717, 1.165) is 6.07 Å². The third kappa shape index (κ3) is 1.50. The van der Waals surface area contributed by atoms with Gasteiger partial charge in [-0.25, -0.2) is 0 Å². The Bertz CT molecular complexity index is 467. The average molecular weight is 259 g/mol. The van der Waals surface area contributed by atoms with Gasteiger partial charge in [0.15, 0.2) is 11.5 Å². The van der Waals surface area contributed by atoms with Crippen molar-refractivity contribution >= 4 is 17.6 Å². The second kappa shape index (κ2) is 3.70. The van der Waals surface area contributed by atoms with Crippen LogP contribution in [-0.4, -0.2) is 26.4 Å². The quantitative estimate of drug-likeness (QED) is 0.480. The van der Waals surface area contributed by atoms with Crippen LogP contribution in [0, 0.1) is 0 Å². The maximum absolute atomic E-state index is 11.3. The minimum absolute atomic E-state index is 0.101. The first-order chi connectivity index (χ1) is 7.90. The predicted octanol–water partition coefficient (Wildman–Crippen LogP) is 1.96. The molecular formula is C11H11ClO5. The Kier molecular flexibility index (Phi) is 2.58. The zero-order valence-electron chi connectivity index (χ0n) is 8.77. The number of rotatable bonds is 2. The maximum atomic E-state index is 11.3. The van der Waals surface area contributed by atoms with E-state index in [9.17, 15) is 25.2 Å². The molecule has 6 heteroatoms.